The van der Waals surface area contributed by atoms with Gasteiger partial charge in [-0.1, -0.05) is 25.5 Å². The summed E-state index contributed by atoms with van der Waals surface area (Å²) in [5.41, 5.74) is 2.58. The quantitative estimate of drug-likeness (QED) is 0.855. The minimum atomic E-state index is 0.170. The molecule has 1 aliphatic rings. The lowest BCUT2D eigenvalue weighted by atomic mass is 10.0. The molecule has 0 unspecified atom stereocenters. The summed E-state index contributed by atoms with van der Waals surface area (Å²) >= 11 is 0. The van der Waals surface area contributed by atoms with Gasteiger partial charge in [0.05, 0.1) is 6.61 Å². The van der Waals surface area contributed by atoms with Crippen LogP contribution in [0.5, 0.6) is 5.75 Å². The van der Waals surface area contributed by atoms with Gasteiger partial charge in [-0.15, -0.1) is 0 Å². The van der Waals surface area contributed by atoms with Crippen molar-refractivity contribution in [1.82, 2.24) is 5.32 Å². The third kappa shape index (κ3) is 4.27. The number of carbonyl (C=O) groups is 1. The van der Waals surface area contributed by atoms with Crippen LogP contribution in [0.2, 0.25) is 0 Å². The molecule has 0 saturated carbocycles. The maximum atomic E-state index is 11.5. The molecule has 1 heterocycles. The molecule has 1 aromatic carbocycles. The van der Waals surface area contributed by atoms with E-state index in [4.69, 9.17) is 4.74 Å². The summed E-state index contributed by atoms with van der Waals surface area (Å²) < 4.78 is 5.60. The van der Waals surface area contributed by atoms with E-state index in [1.807, 2.05) is 0 Å². The minimum Gasteiger partial charge on any atom is -0.493 e. The summed E-state index contributed by atoms with van der Waals surface area (Å²) in [6.07, 6.45) is 5.79. The Morgan fingerprint density at radius 1 is 1.42 bits per heavy atom. The van der Waals surface area contributed by atoms with Crippen LogP contribution >= 0.6 is 0 Å². The maximum Gasteiger partial charge on any atom is 0.220 e. The van der Waals surface area contributed by atoms with E-state index in [-0.39, 0.29) is 5.91 Å². The summed E-state index contributed by atoms with van der Waals surface area (Å²) in [5, 5.41) is 2.98. The number of aryl methyl sites for hydroxylation is 1. The van der Waals surface area contributed by atoms with Crippen LogP contribution in [0, 0.1) is 0 Å². The predicted octanol–water partition coefficient (Wildman–Crippen LogP) is 2.86. The van der Waals surface area contributed by atoms with Crippen molar-refractivity contribution in [3.8, 4) is 5.75 Å². The molecule has 0 bridgehead atoms. The molecule has 0 atom stereocenters. The molecule has 3 heteroatoms. The highest BCUT2D eigenvalue weighted by molar-refractivity contribution is 5.75. The van der Waals surface area contributed by atoms with E-state index < -0.39 is 0 Å². The Hall–Kier alpha value is -1.51. The second-order valence-electron chi connectivity index (χ2n) is 5.10. The summed E-state index contributed by atoms with van der Waals surface area (Å²) in [5.74, 6) is 1.20. The van der Waals surface area contributed by atoms with Crippen molar-refractivity contribution in [2.24, 2.45) is 0 Å². The molecule has 0 aromatic heterocycles. The number of fused-ring (bicyclic) bond motifs is 1. The number of amides is 1. The lowest BCUT2D eigenvalue weighted by Crippen LogP contribution is -2.25. The average molecular weight is 261 g/mol. The van der Waals surface area contributed by atoms with Gasteiger partial charge in [0.1, 0.15) is 5.75 Å². The summed E-state index contributed by atoms with van der Waals surface area (Å²) in [7, 11) is 0. The molecule has 1 N–H and O–H groups in total. The molecular weight excluding hydrogens is 238 g/mol. The van der Waals surface area contributed by atoms with Crippen molar-refractivity contribution >= 4 is 5.91 Å². The SMILES string of the molecule is CCCCC(=O)NCCc1ccc2c(c1)CCCO2. The number of benzene rings is 1. The third-order valence-corrected chi connectivity index (χ3v) is 3.47. The molecule has 1 aliphatic heterocycles. The second-order valence-corrected chi connectivity index (χ2v) is 5.10. The first-order valence-electron chi connectivity index (χ1n) is 7.31. The van der Waals surface area contributed by atoms with Crippen LogP contribution in [0.25, 0.3) is 0 Å². The van der Waals surface area contributed by atoms with Crippen molar-refractivity contribution in [3.63, 3.8) is 0 Å². The van der Waals surface area contributed by atoms with Crippen LogP contribution < -0.4 is 10.1 Å². The monoisotopic (exact) mass is 261 g/mol. The Morgan fingerprint density at radius 3 is 3.16 bits per heavy atom. The topological polar surface area (TPSA) is 38.3 Å². The van der Waals surface area contributed by atoms with E-state index in [1.54, 1.807) is 0 Å². The molecule has 0 saturated heterocycles. The number of hydrogen-bond donors (Lipinski definition) is 1. The Balaban J connectivity index is 1.78. The van der Waals surface area contributed by atoms with Crippen LogP contribution in [0.3, 0.4) is 0 Å². The Morgan fingerprint density at radius 2 is 2.32 bits per heavy atom. The van der Waals surface area contributed by atoms with Crippen molar-refractivity contribution in [3.05, 3.63) is 29.3 Å². The molecule has 0 fully saturated rings. The lowest BCUT2D eigenvalue weighted by Gasteiger charge is -2.17. The van der Waals surface area contributed by atoms with Gasteiger partial charge in [-0.25, -0.2) is 0 Å². The Kier molecular flexibility index (Phi) is 5.25. The molecule has 3 nitrogen and oxygen atoms in total. The zero-order valence-corrected chi connectivity index (χ0v) is 11.7. The van der Waals surface area contributed by atoms with E-state index in [2.05, 4.69) is 30.4 Å². The number of carbonyl (C=O) groups excluding carboxylic acids is 1. The number of nitrogens with one attached hydrogen (secondary N) is 1. The van der Waals surface area contributed by atoms with E-state index in [1.165, 1.54) is 11.1 Å². The first kappa shape index (κ1) is 13.9. The number of ether oxygens (including phenoxy) is 1. The van der Waals surface area contributed by atoms with E-state index in [0.29, 0.717) is 6.42 Å². The van der Waals surface area contributed by atoms with Crippen LogP contribution in [-0.4, -0.2) is 19.1 Å². The van der Waals surface area contributed by atoms with Crippen molar-refractivity contribution in [2.75, 3.05) is 13.2 Å². The Labute approximate surface area is 115 Å². The van der Waals surface area contributed by atoms with Crippen molar-refractivity contribution < 1.29 is 9.53 Å². The molecule has 0 radical (unpaired) electrons. The first-order chi connectivity index (χ1) is 9.29. The second kappa shape index (κ2) is 7.17. The summed E-state index contributed by atoms with van der Waals surface area (Å²) in [4.78, 5) is 11.5. The molecule has 19 heavy (non-hydrogen) atoms. The van der Waals surface area contributed by atoms with Crippen LogP contribution in [0.4, 0.5) is 0 Å². The lowest BCUT2D eigenvalue weighted by molar-refractivity contribution is -0.121. The fraction of sp³-hybridized carbons (Fsp3) is 0.562. The van der Waals surface area contributed by atoms with Crippen molar-refractivity contribution in [1.29, 1.82) is 0 Å². The molecule has 0 aliphatic carbocycles. The van der Waals surface area contributed by atoms with Gasteiger partial charge in [0.25, 0.3) is 0 Å². The smallest absolute Gasteiger partial charge is 0.220 e. The highest BCUT2D eigenvalue weighted by Gasteiger charge is 2.10. The van der Waals surface area contributed by atoms with Gasteiger partial charge in [0.2, 0.25) is 5.91 Å². The molecular formula is C16H23NO2. The fourth-order valence-corrected chi connectivity index (χ4v) is 2.34. The zero-order chi connectivity index (χ0) is 13.5. The first-order valence-corrected chi connectivity index (χ1v) is 7.31. The average Bonchev–Trinajstić information content (AvgIpc) is 2.45. The van der Waals surface area contributed by atoms with Crippen molar-refractivity contribution in [2.45, 2.75) is 45.4 Å². The van der Waals surface area contributed by atoms with Crippen LogP contribution in [-0.2, 0) is 17.6 Å². The number of rotatable bonds is 6. The largest absolute Gasteiger partial charge is 0.493 e. The Bertz CT molecular complexity index is 429. The zero-order valence-electron chi connectivity index (χ0n) is 11.7. The van der Waals surface area contributed by atoms with Gasteiger partial charge in [-0.05, 0) is 42.9 Å². The van der Waals surface area contributed by atoms with Gasteiger partial charge in [-0.3, -0.25) is 4.79 Å². The van der Waals surface area contributed by atoms with Crippen LogP contribution in [0.15, 0.2) is 18.2 Å². The molecule has 2 rings (SSSR count). The summed E-state index contributed by atoms with van der Waals surface area (Å²) in [6, 6.07) is 6.37. The van der Waals surface area contributed by atoms with E-state index >= 15 is 0 Å². The standard InChI is InChI=1S/C16H23NO2/c1-2-3-6-16(18)17-10-9-13-7-8-15-14(12-13)5-4-11-19-15/h7-8,12H,2-6,9-11H2,1H3,(H,17,18). The maximum absolute atomic E-state index is 11.5. The van der Waals surface area contributed by atoms with Gasteiger partial charge < -0.3 is 10.1 Å². The van der Waals surface area contributed by atoms with Gasteiger partial charge in [0.15, 0.2) is 0 Å². The van der Waals surface area contributed by atoms with Gasteiger partial charge >= 0.3 is 0 Å². The van der Waals surface area contributed by atoms with Gasteiger partial charge in [-0.2, -0.15) is 0 Å². The van der Waals surface area contributed by atoms with E-state index in [9.17, 15) is 4.79 Å². The van der Waals surface area contributed by atoms with E-state index in [0.717, 1.165) is 51.0 Å². The van der Waals surface area contributed by atoms with Gasteiger partial charge in [0, 0.05) is 13.0 Å². The molecule has 0 spiro atoms. The molecule has 1 aromatic rings. The number of hydrogen-bond acceptors (Lipinski definition) is 2. The highest BCUT2D eigenvalue weighted by atomic mass is 16.5. The number of unbranched alkanes of at least 4 members (excludes halogenated alkanes) is 1. The fourth-order valence-electron chi connectivity index (χ4n) is 2.34. The normalized spacial score (nSPS) is 13.5. The van der Waals surface area contributed by atoms with Crippen LogP contribution in [0.1, 0.15) is 43.7 Å². The summed E-state index contributed by atoms with van der Waals surface area (Å²) in [6.45, 7) is 3.66. The minimum absolute atomic E-state index is 0.170. The molecule has 104 valence electrons. The highest BCUT2D eigenvalue weighted by Crippen LogP contribution is 2.25. The third-order valence-electron chi connectivity index (χ3n) is 3.47. The molecule has 1 amide bonds. The predicted molar refractivity (Wildman–Crippen MR) is 76.5 cm³/mol.